The Kier molecular flexibility index (Phi) is 3.57. The van der Waals surface area contributed by atoms with Gasteiger partial charge >= 0.3 is 6.18 Å². The summed E-state index contributed by atoms with van der Waals surface area (Å²) in [5.41, 5.74) is -0.836. The zero-order valence-corrected chi connectivity index (χ0v) is 10.8. The molecule has 0 saturated carbocycles. The lowest BCUT2D eigenvalue weighted by Gasteiger charge is -2.33. The molecule has 1 aliphatic rings. The maximum atomic E-state index is 13.0. The second kappa shape index (κ2) is 4.71. The van der Waals surface area contributed by atoms with Crippen molar-refractivity contribution in [1.29, 1.82) is 0 Å². The Labute approximate surface area is 108 Å². The molecule has 1 saturated heterocycles. The minimum atomic E-state index is -4.49. The highest BCUT2D eigenvalue weighted by molar-refractivity contribution is 6.30. The van der Waals surface area contributed by atoms with Crippen LogP contribution in [0, 0.1) is 0 Å². The molecule has 1 aromatic rings. The molecule has 1 unspecified atom stereocenters. The quantitative estimate of drug-likeness (QED) is 0.851. The van der Waals surface area contributed by atoms with E-state index in [1.165, 1.54) is 7.05 Å². The number of aromatic nitrogens is 2. The minimum Gasteiger partial charge on any atom is -0.314 e. The van der Waals surface area contributed by atoms with Gasteiger partial charge in [-0.05, 0) is 7.05 Å². The van der Waals surface area contributed by atoms with Crippen LogP contribution < -0.4 is 5.32 Å². The fourth-order valence-electron chi connectivity index (χ4n) is 2.15. The lowest BCUT2D eigenvalue weighted by Crippen LogP contribution is -2.44. The zero-order valence-electron chi connectivity index (χ0n) is 10.1. The number of nitrogens with one attached hydrogen (secondary N) is 1. The molecule has 1 aliphatic heterocycles. The maximum Gasteiger partial charge on any atom is 0.435 e. The molecule has 0 amide bonds. The van der Waals surface area contributed by atoms with Crippen LogP contribution in [0.15, 0.2) is 0 Å². The summed E-state index contributed by atoms with van der Waals surface area (Å²) >= 11 is 5.96. The SMILES string of the molecule is CN1CCNCC1c1c(C(F)(F)F)nn(C)c1Cl. The number of nitrogens with zero attached hydrogens (tertiary/aromatic N) is 3. The van der Waals surface area contributed by atoms with Crippen LogP contribution in [-0.2, 0) is 13.2 Å². The van der Waals surface area contributed by atoms with E-state index in [4.69, 9.17) is 11.6 Å². The van der Waals surface area contributed by atoms with E-state index < -0.39 is 17.9 Å². The molecule has 0 bridgehead atoms. The summed E-state index contributed by atoms with van der Waals surface area (Å²) < 4.78 is 39.9. The molecule has 2 heterocycles. The van der Waals surface area contributed by atoms with Crippen LogP contribution in [0.1, 0.15) is 17.3 Å². The highest BCUT2D eigenvalue weighted by atomic mass is 35.5. The van der Waals surface area contributed by atoms with Crippen molar-refractivity contribution in [3.63, 3.8) is 0 Å². The monoisotopic (exact) mass is 282 g/mol. The first-order valence-electron chi connectivity index (χ1n) is 5.53. The molecule has 1 fully saturated rings. The molecule has 1 N–H and O–H groups in total. The van der Waals surface area contributed by atoms with Crippen molar-refractivity contribution in [2.45, 2.75) is 12.2 Å². The predicted octanol–water partition coefficient (Wildman–Crippen LogP) is 1.67. The average Bonchev–Trinajstić information content (AvgIpc) is 2.57. The zero-order chi connectivity index (χ0) is 13.5. The first-order chi connectivity index (χ1) is 8.32. The molecular weight excluding hydrogens is 269 g/mol. The highest BCUT2D eigenvalue weighted by Gasteiger charge is 2.42. The van der Waals surface area contributed by atoms with Gasteiger partial charge in [-0.2, -0.15) is 18.3 Å². The smallest absolute Gasteiger partial charge is 0.314 e. The Bertz CT molecular complexity index is 443. The third-order valence-electron chi connectivity index (χ3n) is 3.12. The van der Waals surface area contributed by atoms with Crippen LogP contribution in [0.2, 0.25) is 5.15 Å². The maximum absolute atomic E-state index is 13.0. The Morgan fingerprint density at radius 3 is 2.61 bits per heavy atom. The number of rotatable bonds is 1. The van der Waals surface area contributed by atoms with Gasteiger partial charge in [0, 0.05) is 32.2 Å². The van der Waals surface area contributed by atoms with Gasteiger partial charge in [0.25, 0.3) is 0 Å². The Balaban J connectivity index is 2.48. The van der Waals surface area contributed by atoms with Crippen LogP contribution in [0.25, 0.3) is 0 Å². The molecule has 0 aromatic carbocycles. The largest absolute Gasteiger partial charge is 0.435 e. The average molecular weight is 283 g/mol. The number of likely N-dealkylation sites (N-methyl/N-ethyl adjacent to an activating group) is 1. The molecule has 2 rings (SSSR count). The summed E-state index contributed by atoms with van der Waals surface area (Å²) in [5.74, 6) is 0. The number of alkyl halides is 3. The van der Waals surface area contributed by atoms with Crippen LogP contribution >= 0.6 is 11.6 Å². The Morgan fingerprint density at radius 2 is 2.06 bits per heavy atom. The summed E-state index contributed by atoms with van der Waals surface area (Å²) in [4.78, 5) is 1.86. The van der Waals surface area contributed by atoms with E-state index in [1.54, 1.807) is 7.05 Å². The minimum absolute atomic E-state index is 0.0443. The van der Waals surface area contributed by atoms with E-state index in [1.807, 2.05) is 4.90 Å². The van der Waals surface area contributed by atoms with Crippen molar-refractivity contribution in [3.05, 3.63) is 16.4 Å². The number of halogens is 4. The van der Waals surface area contributed by atoms with Gasteiger partial charge in [-0.1, -0.05) is 11.6 Å². The van der Waals surface area contributed by atoms with Gasteiger partial charge in [-0.25, -0.2) is 0 Å². The second-order valence-electron chi connectivity index (χ2n) is 4.37. The van der Waals surface area contributed by atoms with E-state index >= 15 is 0 Å². The van der Waals surface area contributed by atoms with Crippen LogP contribution in [0.4, 0.5) is 13.2 Å². The fourth-order valence-corrected chi connectivity index (χ4v) is 2.41. The summed E-state index contributed by atoms with van der Waals surface area (Å²) in [7, 11) is 3.20. The van der Waals surface area contributed by atoms with Gasteiger partial charge < -0.3 is 5.32 Å². The molecule has 0 spiro atoms. The van der Waals surface area contributed by atoms with Gasteiger partial charge in [0.15, 0.2) is 5.69 Å². The van der Waals surface area contributed by atoms with Crippen LogP contribution in [0.5, 0.6) is 0 Å². The summed E-state index contributed by atoms with van der Waals surface area (Å²) in [6.45, 7) is 1.87. The van der Waals surface area contributed by atoms with E-state index in [2.05, 4.69) is 10.4 Å². The molecule has 4 nitrogen and oxygen atoms in total. The second-order valence-corrected chi connectivity index (χ2v) is 4.73. The van der Waals surface area contributed by atoms with Gasteiger partial charge in [0.1, 0.15) is 5.15 Å². The van der Waals surface area contributed by atoms with Crippen molar-refractivity contribution in [1.82, 2.24) is 20.0 Å². The van der Waals surface area contributed by atoms with Crippen LogP contribution in [-0.4, -0.2) is 41.4 Å². The summed E-state index contributed by atoms with van der Waals surface area (Å²) in [6, 6.07) is -0.406. The number of piperazine rings is 1. The molecular formula is C10H14ClF3N4. The fraction of sp³-hybridized carbons (Fsp3) is 0.700. The molecule has 1 aromatic heterocycles. The third kappa shape index (κ3) is 2.34. The first kappa shape index (κ1) is 13.6. The van der Waals surface area contributed by atoms with Crippen molar-refractivity contribution < 1.29 is 13.2 Å². The van der Waals surface area contributed by atoms with Crippen molar-refractivity contribution in [2.75, 3.05) is 26.7 Å². The van der Waals surface area contributed by atoms with Gasteiger partial charge in [0.2, 0.25) is 0 Å². The van der Waals surface area contributed by atoms with Gasteiger partial charge in [0.05, 0.1) is 6.04 Å². The highest BCUT2D eigenvalue weighted by Crippen LogP contribution is 2.39. The van der Waals surface area contributed by atoms with E-state index in [0.717, 1.165) is 11.2 Å². The Hall–Kier alpha value is -0.790. The number of aryl methyl sites for hydroxylation is 1. The van der Waals surface area contributed by atoms with Crippen molar-refractivity contribution >= 4 is 11.6 Å². The topological polar surface area (TPSA) is 33.1 Å². The van der Waals surface area contributed by atoms with Crippen molar-refractivity contribution in [2.24, 2.45) is 7.05 Å². The molecule has 18 heavy (non-hydrogen) atoms. The summed E-state index contributed by atoms with van der Waals surface area (Å²) in [5, 5.41) is 6.61. The lowest BCUT2D eigenvalue weighted by molar-refractivity contribution is -0.142. The first-order valence-corrected chi connectivity index (χ1v) is 5.90. The molecule has 1 atom stereocenters. The Morgan fingerprint density at radius 1 is 1.39 bits per heavy atom. The lowest BCUT2D eigenvalue weighted by atomic mass is 10.0. The number of hydrogen-bond acceptors (Lipinski definition) is 3. The van der Waals surface area contributed by atoms with E-state index in [0.29, 0.717) is 13.1 Å². The van der Waals surface area contributed by atoms with Crippen molar-refractivity contribution in [3.8, 4) is 0 Å². The summed E-state index contributed by atoms with van der Waals surface area (Å²) in [6.07, 6.45) is -4.49. The normalized spacial score (nSPS) is 22.4. The van der Waals surface area contributed by atoms with E-state index in [-0.39, 0.29) is 10.7 Å². The van der Waals surface area contributed by atoms with Gasteiger partial charge in [-0.15, -0.1) is 0 Å². The van der Waals surface area contributed by atoms with Crippen LogP contribution in [0.3, 0.4) is 0 Å². The predicted molar refractivity (Wildman–Crippen MR) is 61.5 cm³/mol. The standard InChI is InChI=1S/C10H14ClF3N4/c1-17-4-3-15-5-6(17)7-8(10(12,13)14)16-18(2)9(7)11/h6,15H,3-5H2,1-2H3. The third-order valence-corrected chi connectivity index (χ3v) is 3.57. The molecule has 0 aliphatic carbocycles. The molecule has 0 radical (unpaired) electrons. The van der Waals surface area contributed by atoms with Gasteiger partial charge in [-0.3, -0.25) is 9.58 Å². The number of hydrogen-bond donors (Lipinski definition) is 1. The molecule has 8 heteroatoms. The molecule has 102 valence electrons. The van der Waals surface area contributed by atoms with E-state index in [9.17, 15) is 13.2 Å².